The molecular formula is C38H65O9P. The fourth-order valence-electron chi connectivity index (χ4n) is 4.59. The van der Waals surface area contributed by atoms with E-state index in [0.29, 0.717) is 25.7 Å². The van der Waals surface area contributed by atoms with Crippen LogP contribution in [-0.2, 0) is 28.2 Å². The molecule has 0 amide bonds. The number of carbonyl (C=O) groups is 2. The van der Waals surface area contributed by atoms with Crippen LogP contribution >= 0.6 is 7.82 Å². The van der Waals surface area contributed by atoms with Gasteiger partial charge in [-0.3, -0.25) is 14.1 Å². The summed E-state index contributed by atoms with van der Waals surface area (Å²) in [6, 6.07) is 0. The van der Waals surface area contributed by atoms with Gasteiger partial charge < -0.3 is 24.4 Å². The lowest BCUT2D eigenvalue weighted by Gasteiger charge is -2.18. The first-order chi connectivity index (χ1) is 23.2. The van der Waals surface area contributed by atoms with E-state index >= 15 is 0 Å². The van der Waals surface area contributed by atoms with Gasteiger partial charge in [-0.05, 0) is 44.9 Å². The number of phosphoric ester groups is 1. The van der Waals surface area contributed by atoms with Crippen LogP contribution < -0.4 is 0 Å². The van der Waals surface area contributed by atoms with E-state index in [1.54, 1.807) is 6.08 Å². The number of allylic oxidation sites excluding steroid dienone is 9. The lowest BCUT2D eigenvalue weighted by atomic mass is 10.0. The number of carbonyl (C=O) groups excluding carboxylic acids is 2. The average molecular weight is 697 g/mol. The first kappa shape index (κ1) is 45.7. The van der Waals surface area contributed by atoms with Crippen LogP contribution in [-0.4, -0.2) is 52.3 Å². The summed E-state index contributed by atoms with van der Waals surface area (Å²) in [6.45, 7) is 3.28. The predicted molar refractivity (Wildman–Crippen MR) is 194 cm³/mol. The van der Waals surface area contributed by atoms with Gasteiger partial charge in [0.15, 0.2) is 6.10 Å². The van der Waals surface area contributed by atoms with Crippen molar-refractivity contribution >= 4 is 19.8 Å². The van der Waals surface area contributed by atoms with Gasteiger partial charge in [-0.25, -0.2) is 4.57 Å². The molecule has 0 aliphatic rings. The minimum Gasteiger partial charge on any atom is -0.462 e. The lowest BCUT2D eigenvalue weighted by Crippen LogP contribution is -2.29. The summed E-state index contributed by atoms with van der Waals surface area (Å²) in [5.74, 6) is -0.976. The Bertz CT molecular complexity index is 981. The van der Waals surface area contributed by atoms with Gasteiger partial charge in [0.2, 0.25) is 0 Å². The molecule has 0 fully saturated rings. The van der Waals surface area contributed by atoms with E-state index in [1.165, 1.54) is 51.4 Å². The summed E-state index contributed by atoms with van der Waals surface area (Å²) in [5, 5.41) is 9.44. The van der Waals surface area contributed by atoms with Gasteiger partial charge in [0.25, 0.3) is 0 Å². The molecule has 0 saturated heterocycles. The molecular weight excluding hydrogens is 631 g/mol. The van der Waals surface area contributed by atoms with Crippen molar-refractivity contribution in [2.24, 2.45) is 0 Å². The van der Waals surface area contributed by atoms with Crippen LogP contribution in [0.2, 0.25) is 0 Å². The smallest absolute Gasteiger partial charge is 0.462 e. The Morgan fingerprint density at radius 1 is 0.646 bits per heavy atom. The largest absolute Gasteiger partial charge is 0.469 e. The number of aliphatic hydroxyl groups is 1. The minimum atomic E-state index is -4.77. The summed E-state index contributed by atoms with van der Waals surface area (Å²) < 4.78 is 26.2. The molecule has 3 N–H and O–H groups in total. The molecule has 0 spiro atoms. The van der Waals surface area contributed by atoms with Crippen molar-refractivity contribution in [2.75, 3.05) is 13.2 Å². The van der Waals surface area contributed by atoms with Crippen LogP contribution in [0.3, 0.4) is 0 Å². The first-order valence-corrected chi connectivity index (χ1v) is 19.7. The molecule has 0 aromatic rings. The van der Waals surface area contributed by atoms with Crippen molar-refractivity contribution in [2.45, 2.75) is 154 Å². The second kappa shape index (κ2) is 33.2. The molecule has 10 heteroatoms. The summed E-state index contributed by atoms with van der Waals surface area (Å²) in [7, 11) is -4.77. The number of unbranched alkanes of at least 4 members (excludes halogenated alkanes) is 12. The Kier molecular flexibility index (Phi) is 31.6. The monoisotopic (exact) mass is 696 g/mol. The molecule has 0 radical (unpaired) electrons. The predicted octanol–water partition coefficient (Wildman–Crippen LogP) is 9.53. The van der Waals surface area contributed by atoms with Gasteiger partial charge in [-0.2, -0.15) is 0 Å². The van der Waals surface area contributed by atoms with Gasteiger partial charge in [0, 0.05) is 12.8 Å². The quantitative estimate of drug-likeness (QED) is 0.0206. The summed E-state index contributed by atoms with van der Waals surface area (Å²) in [4.78, 5) is 42.6. The van der Waals surface area contributed by atoms with E-state index < -0.39 is 32.5 Å². The molecule has 276 valence electrons. The Balaban J connectivity index is 4.13. The third-order valence-electron chi connectivity index (χ3n) is 7.46. The van der Waals surface area contributed by atoms with E-state index in [0.717, 1.165) is 38.5 Å². The summed E-state index contributed by atoms with van der Waals surface area (Å²) in [6.07, 6.45) is 37.6. The van der Waals surface area contributed by atoms with Gasteiger partial charge in [0.1, 0.15) is 6.61 Å². The topological polar surface area (TPSA) is 140 Å². The van der Waals surface area contributed by atoms with Crippen LogP contribution in [0.15, 0.2) is 60.8 Å². The van der Waals surface area contributed by atoms with Crippen molar-refractivity contribution in [1.29, 1.82) is 0 Å². The van der Waals surface area contributed by atoms with Crippen molar-refractivity contribution in [3.05, 3.63) is 60.8 Å². The average Bonchev–Trinajstić information content (AvgIpc) is 3.05. The second-order valence-electron chi connectivity index (χ2n) is 12.0. The van der Waals surface area contributed by atoms with Crippen molar-refractivity contribution < 1.29 is 43.0 Å². The van der Waals surface area contributed by atoms with E-state index in [9.17, 15) is 19.3 Å². The normalized spacial score (nSPS) is 13.9. The van der Waals surface area contributed by atoms with Crippen LogP contribution in [0.1, 0.15) is 142 Å². The molecule has 0 bridgehead atoms. The Morgan fingerprint density at radius 3 is 1.73 bits per heavy atom. The molecule has 0 unspecified atom stereocenters. The number of esters is 2. The van der Waals surface area contributed by atoms with Crippen LogP contribution in [0.4, 0.5) is 0 Å². The maximum Gasteiger partial charge on any atom is 0.469 e. The van der Waals surface area contributed by atoms with Gasteiger partial charge in [-0.1, -0.05) is 145 Å². The zero-order valence-electron chi connectivity index (χ0n) is 29.7. The highest BCUT2D eigenvalue weighted by Gasteiger charge is 2.22. The number of rotatable bonds is 32. The standard InChI is InChI=1S/C38H65O9P/c1-3-5-6-7-8-9-10-16-19-22-25-28-31-37(40)45-33-36(34-46-48(42,43)44)47-38(41)32-29-26-23-20-17-14-12-11-13-15-18-21-24-27-30-35(39)4-2/h12-15,20-21,23-24,27,30,35-36,39H,3-11,16-19,22,25-26,28-29,31-34H2,1-2H3,(H2,42,43,44)/b14-12-,15-13-,23-20-,24-21-,30-27+/t35-,36-/m1/s1. The van der Waals surface area contributed by atoms with Gasteiger partial charge in [-0.15, -0.1) is 0 Å². The number of aliphatic hydroxyl groups excluding tert-OH is 1. The fourth-order valence-corrected chi connectivity index (χ4v) is 4.95. The Labute approximate surface area is 290 Å². The maximum atomic E-state index is 12.3. The van der Waals surface area contributed by atoms with Crippen LogP contribution in [0.5, 0.6) is 0 Å². The highest BCUT2D eigenvalue weighted by Crippen LogP contribution is 2.35. The maximum absolute atomic E-state index is 12.3. The molecule has 2 atom stereocenters. The molecule has 0 aromatic carbocycles. The zero-order valence-corrected chi connectivity index (χ0v) is 30.6. The van der Waals surface area contributed by atoms with E-state index in [2.05, 4.69) is 35.8 Å². The van der Waals surface area contributed by atoms with E-state index in [4.69, 9.17) is 19.3 Å². The van der Waals surface area contributed by atoms with Crippen LogP contribution in [0.25, 0.3) is 0 Å². The highest BCUT2D eigenvalue weighted by atomic mass is 31.2. The van der Waals surface area contributed by atoms with E-state index in [1.807, 2.05) is 37.3 Å². The molecule has 0 aliphatic carbocycles. The molecule has 9 nitrogen and oxygen atoms in total. The molecule has 0 heterocycles. The third kappa shape index (κ3) is 35.0. The number of hydrogen-bond donors (Lipinski definition) is 3. The molecule has 0 aliphatic heterocycles. The van der Waals surface area contributed by atoms with Crippen molar-refractivity contribution in [1.82, 2.24) is 0 Å². The highest BCUT2D eigenvalue weighted by molar-refractivity contribution is 7.46. The number of phosphoric acid groups is 1. The zero-order chi connectivity index (χ0) is 35.6. The minimum absolute atomic E-state index is 0.119. The Morgan fingerprint density at radius 2 is 1.17 bits per heavy atom. The SMILES string of the molecule is CCCCCCCCCCCCCCC(=O)OC[C@H](COP(=O)(O)O)OC(=O)CCC/C=C\C/C=C\C/C=C\C/C=C\C=C\[C@H](O)CC. The molecule has 0 saturated carbocycles. The summed E-state index contributed by atoms with van der Waals surface area (Å²) >= 11 is 0. The van der Waals surface area contributed by atoms with Crippen molar-refractivity contribution in [3.63, 3.8) is 0 Å². The molecule has 0 rings (SSSR count). The third-order valence-corrected chi connectivity index (χ3v) is 7.94. The van der Waals surface area contributed by atoms with Crippen molar-refractivity contribution in [3.8, 4) is 0 Å². The first-order valence-electron chi connectivity index (χ1n) is 18.2. The summed E-state index contributed by atoms with van der Waals surface area (Å²) in [5.41, 5.74) is 0. The molecule has 48 heavy (non-hydrogen) atoms. The molecule has 0 aromatic heterocycles. The van der Waals surface area contributed by atoms with Gasteiger partial charge >= 0.3 is 19.8 Å². The van der Waals surface area contributed by atoms with E-state index in [-0.39, 0.29) is 25.6 Å². The fraction of sp³-hybridized carbons (Fsp3) is 0.684. The second-order valence-corrected chi connectivity index (χ2v) is 13.3. The van der Waals surface area contributed by atoms with Crippen LogP contribution in [0, 0.1) is 0 Å². The van der Waals surface area contributed by atoms with Gasteiger partial charge in [0.05, 0.1) is 12.7 Å². The number of hydrogen-bond acceptors (Lipinski definition) is 7. The number of ether oxygens (including phenoxy) is 2. The lowest BCUT2D eigenvalue weighted by molar-refractivity contribution is -0.161. The Hall–Kier alpha value is -2.29.